The molecule has 4 aromatic rings. The summed E-state index contributed by atoms with van der Waals surface area (Å²) >= 11 is 13.2. The summed E-state index contributed by atoms with van der Waals surface area (Å²) in [6.45, 7) is 0. The minimum atomic E-state index is -0.390. The van der Waals surface area contributed by atoms with Crippen molar-refractivity contribution < 1.29 is 9.21 Å². The standard InChI is InChI=1S/C21H14Cl2N2O2S/c22-13-5-7-15(17(23)10-13)20(26)21-19(24)16-6-4-12(9-18(16)27-21)11-2-1-3-14(8-11)28-25/h1-10H,24-25H2. The highest BCUT2D eigenvalue weighted by atomic mass is 35.5. The van der Waals surface area contributed by atoms with Gasteiger partial charge in [0.05, 0.1) is 10.7 Å². The number of hydrogen-bond acceptors (Lipinski definition) is 5. The number of hydrogen-bond donors (Lipinski definition) is 2. The highest BCUT2D eigenvalue weighted by Crippen LogP contribution is 2.35. The van der Waals surface area contributed by atoms with E-state index in [1.165, 1.54) is 18.0 Å². The topological polar surface area (TPSA) is 82.2 Å². The fourth-order valence-electron chi connectivity index (χ4n) is 3.01. The van der Waals surface area contributed by atoms with Crippen molar-refractivity contribution in [3.8, 4) is 11.1 Å². The predicted octanol–water partition coefficient (Wildman–Crippen LogP) is 6.19. The Labute approximate surface area is 175 Å². The van der Waals surface area contributed by atoms with Crippen molar-refractivity contribution in [2.24, 2.45) is 5.14 Å². The number of nitrogens with two attached hydrogens (primary N) is 2. The van der Waals surface area contributed by atoms with E-state index in [-0.39, 0.29) is 22.0 Å². The summed E-state index contributed by atoms with van der Waals surface area (Å²) in [6.07, 6.45) is 0. The molecule has 3 aromatic carbocycles. The van der Waals surface area contributed by atoms with Gasteiger partial charge in [-0.15, -0.1) is 0 Å². The molecular formula is C21H14Cl2N2O2S. The lowest BCUT2D eigenvalue weighted by Crippen LogP contribution is -2.03. The Morgan fingerprint density at radius 2 is 1.75 bits per heavy atom. The summed E-state index contributed by atoms with van der Waals surface area (Å²) in [7, 11) is 0. The van der Waals surface area contributed by atoms with Gasteiger partial charge < -0.3 is 10.2 Å². The predicted molar refractivity (Wildman–Crippen MR) is 116 cm³/mol. The smallest absolute Gasteiger partial charge is 0.231 e. The lowest BCUT2D eigenvalue weighted by atomic mass is 10.0. The normalized spacial score (nSPS) is 11.1. The fraction of sp³-hybridized carbons (Fsp3) is 0. The Morgan fingerprint density at radius 3 is 2.50 bits per heavy atom. The largest absolute Gasteiger partial charge is 0.450 e. The summed E-state index contributed by atoms with van der Waals surface area (Å²) in [5.74, 6) is -0.332. The van der Waals surface area contributed by atoms with E-state index in [4.69, 9.17) is 38.5 Å². The Morgan fingerprint density at radius 1 is 0.964 bits per heavy atom. The van der Waals surface area contributed by atoms with Gasteiger partial charge in [-0.1, -0.05) is 41.4 Å². The zero-order valence-corrected chi connectivity index (χ0v) is 16.7. The molecule has 0 bridgehead atoms. The molecule has 1 aromatic heterocycles. The van der Waals surface area contributed by atoms with Crippen LogP contribution >= 0.6 is 35.1 Å². The molecule has 7 heteroatoms. The first kappa shape index (κ1) is 18.9. The molecule has 0 aliphatic rings. The maximum atomic E-state index is 12.9. The Bertz CT molecular complexity index is 1220. The lowest BCUT2D eigenvalue weighted by molar-refractivity contribution is 0.101. The number of furan rings is 1. The zero-order valence-electron chi connectivity index (χ0n) is 14.4. The third kappa shape index (κ3) is 3.38. The minimum Gasteiger partial charge on any atom is -0.450 e. The van der Waals surface area contributed by atoms with Gasteiger partial charge in [-0.2, -0.15) is 0 Å². The molecule has 0 spiro atoms. The Balaban J connectivity index is 1.79. The Hall–Kier alpha value is -2.44. The van der Waals surface area contributed by atoms with Gasteiger partial charge in [0.1, 0.15) is 5.58 Å². The minimum absolute atomic E-state index is 0.0580. The van der Waals surface area contributed by atoms with Crippen molar-refractivity contribution in [3.63, 3.8) is 0 Å². The number of benzene rings is 3. The van der Waals surface area contributed by atoms with Gasteiger partial charge in [0.25, 0.3) is 0 Å². The molecule has 4 nitrogen and oxygen atoms in total. The van der Waals surface area contributed by atoms with E-state index in [0.717, 1.165) is 16.0 Å². The van der Waals surface area contributed by atoms with E-state index in [9.17, 15) is 4.79 Å². The number of nitrogen functional groups attached to an aromatic ring is 1. The zero-order chi connectivity index (χ0) is 19.8. The van der Waals surface area contributed by atoms with Crippen LogP contribution < -0.4 is 10.9 Å². The maximum absolute atomic E-state index is 12.9. The molecule has 1 heterocycles. The highest BCUT2D eigenvalue weighted by molar-refractivity contribution is 7.97. The van der Waals surface area contributed by atoms with Crippen LogP contribution in [0.25, 0.3) is 22.1 Å². The van der Waals surface area contributed by atoms with Crippen LogP contribution in [0.4, 0.5) is 5.69 Å². The monoisotopic (exact) mass is 428 g/mol. The number of carbonyl (C=O) groups excluding carboxylic acids is 1. The number of ketones is 1. The maximum Gasteiger partial charge on any atom is 0.231 e. The summed E-state index contributed by atoms with van der Waals surface area (Å²) < 4.78 is 5.82. The van der Waals surface area contributed by atoms with Crippen LogP contribution in [0.5, 0.6) is 0 Å². The second kappa shape index (κ2) is 7.53. The summed E-state index contributed by atoms with van der Waals surface area (Å²) in [4.78, 5) is 13.8. The molecular weight excluding hydrogens is 415 g/mol. The average molecular weight is 429 g/mol. The van der Waals surface area contributed by atoms with Gasteiger partial charge in [-0.3, -0.25) is 9.93 Å². The third-order valence-corrected chi connectivity index (χ3v) is 5.49. The average Bonchev–Trinajstić information content (AvgIpc) is 3.03. The molecule has 0 amide bonds. The first-order chi connectivity index (χ1) is 13.5. The van der Waals surface area contributed by atoms with Crippen molar-refractivity contribution in [1.29, 1.82) is 0 Å². The summed E-state index contributed by atoms with van der Waals surface area (Å²) in [6, 6.07) is 18.1. The molecule has 0 fully saturated rings. The van der Waals surface area contributed by atoms with E-state index >= 15 is 0 Å². The summed E-state index contributed by atoms with van der Waals surface area (Å²) in [5, 5.41) is 7.00. The number of anilines is 1. The van der Waals surface area contributed by atoms with Crippen molar-refractivity contribution in [2.75, 3.05) is 5.73 Å². The van der Waals surface area contributed by atoms with Crippen molar-refractivity contribution >= 4 is 57.6 Å². The van der Waals surface area contributed by atoms with E-state index in [2.05, 4.69) is 0 Å². The second-order valence-corrected chi connectivity index (χ2v) is 7.71. The molecule has 0 radical (unpaired) electrons. The van der Waals surface area contributed by atoms with Gasteiger partial charge in [0.2, 0.25) is 5.78 Å². The quantitative estimate of drug-likeness (QED) is 0.299. The van der Waals surface area contributed by atoms with Gasteiger partial charge in [-0.25, -0.2) is 0 Å². The second-order valence-electron chi connectivity index (χ2n) is 6.15. The third-order valence-electron chi connectivity index (χ3n) is 4.41. The number of halogens is 2. The van der Waals surface area contributed by atoms with E-state index in [1.807, 2.05) is 42.5 Å². The van der Waals surface area contributed by atoms with E-state index in [0.29, 0.717) is 16.0 Å². The van der Waals surface area contributed by atoms with Crippen LogP contribution in [0.15, 0.2) is 70.0 Å². The molecule has 0 aliphatic heterocycles. The van der Waals surface area contributed by atoms with Crippen molar-refractivity contribution in [3.05, 3.63) is 82.0 Å². The lowest BCUT2D eigenvalue weighted by Gasteiger charge is -2.03. The van der Waals surface area contributed by atoms with Crippen molar-refractivity contribution in [1.82, 2.24) is 0 Å². The SMILES string of the molecule is NSc1cccc(-c2ccc3c(N)c(C(=O)c4ccc(Cl)cc4Cl)oc3c2)c1. The van der Waals surface area contributed by atoms with Crippen LogP contribution in [-0.4, -0.2) is 5.78 Å². The van der Waals surface area contributed by atoms with Crippen LogP contribution in [0, 0.1) is 0 Å². The molecule has 28 heavy (non-hydrogen) atoms. The van der Waals surface area contributed by atoms with Gasteiger partial charge >= 0.3 is 0 Å². The summed E-state index contributed by atoms with van der Waals surface area (Å²) in [5.41, 5.74) is 9.19. The van der Waals surface area contributed by atoms with Crippen LogP contribution in [-0.2, 0) is 0 Å². The number of rotatable bonds is 4. The fourth-order valence-corrected chi connectivity index (χ4v) is 3.86. The first-order valence-electron chi connectivity index (χ1n) is 8.27. The molecule has 0 unspecified atom stereocenters. The molecule has 4 rings (SSSR count). The first-order valence-corrected chi connectivity index (χ1v) is 9.90. The molecule has 4 N–H and O–H groups in total. The molecule has 0 saturated carbocycles. The number of carbonyl (C=O) groups is 1. The molecule has 140 valence electrons. The van der Waals surface area contributed by atoms with E-state index in [1.54, 1.807) is 12.1 Å². The van der Waals surface area contributed by atoms with Crippen LogP contribution in [0.3, 0.4) is 0 Å². The van der Waals surface area contributed by atoms with Gasteiger partial charge in [0.15, 0.2) is 5.76 Å². The number of fused-ring (bicyclic) bond motifs is 1. The van der Waals surface area contributed by atoms with Crippen LogP contribution in [0.1, 0.15) is 16.1 Å². The molecule has 0 atom stereocenters. The Kier molecular flexibility index (Phi) is 5.08. The molecule has 0 aliphatic carbocycles. The van der Waals surface area contributed by atoms with E-state index < -0.39 is 5.78 Å². The van der Waals surface area contributed by atoms with Crippen LogP contribution in [0.2, 0.25) is 10.0 Å². The van der Waals surface area contributed by atoms with Gasteiger partial charge in [-0.05, 0) is 65.5 Å². The highest BCUT2D eigenvalue weighted by Gasteiger charge is 2.22. The molecule has 0 saturated heterocycles. The van der Waals surface area contributed by atoms with Gasteiger partial charge in [0, 0.05) is 20.9 Å². The van der Waals surface area contributed by atoms with Crippen molar-refractivity contribution in [2.45, 2.75) is 4.90 Å².